The van der Waals surface area contributed by atoms with Gasteiger partial charge < -0.3 is 10.1 Å². The molecule has 0 saturated carbocycles. The van der Waals surface area contributed by atoms with Gasteiger partial charge in [-0.2, -0.15) is 0 Å². The molecular formula is C19H29FN2O4S. The highest BCUT2D eigenvalue weighted by Crippen LogP contribution is 2.20. The van der Waals surface area contributed by atoms with Gasteiger partial charge in [0.25, 0.3) is 0 Å². The summed E-state index contributed by atoms with van der Waals surface area (Å²) in [4.78, 5) is 11.7. The predicted molar refractivity (Wildman–Crippen MR) is 102 cm³/mol. The van der Waals surface area contributed by atoms with Crippen LogP contribution in [0.1, 0.15) is 39.2 Å². The third-order valence-corrected chi connectivity index (χ3v) is 6.33. The first kappa shape index (κ1) is 21.6. The second-order valence-electron chi connectivity index (χ2n) is 7.92. The normalized spacial score (nSPS) is 16.9. The summed E-state index contributed by atoms with van der Waals surface area (Å²) < 4.78 is 44.7. The second kappa shape index (κ2) is 9.01. The second-order valence-corrected chi connectivity index (χ2v) is 10.0. The summed E-state index contributed by atoms with van der Waals surface area (Å²) in [6.45, 7) is 6.81. The third kappa shape index (κ3) is 7.46. The Morgan fingerprint density at radius 2 is 1.81 bits per heavy atom. The Morgan fingerprint density at radius 1 is 1.22 bits per heavy atom. The van der Waals surface area contributed by atoms with Crippen LogP contribution in [-0.4, -0.2) is 49.8 Å². The molecule has 1 aromatic rings. The lowest BCUT2D eigenvalue weighted by Gasteiger charge is -2.31. The minimum absolute atomic E-state index is 0.0134. The van der Waals surface area contributed by atoms with Crippen LogP contribution in [0.5, 0.6) is 0 Å². The number of rotatable bonds is 6. The topological polar surface area (TPSA) is 75.7 Å². The number of piperidine rings is 1. The van der Waals surface area contributed by atoms with Crippen molar-refractivity contribution >= 4 is 16.1 Å². The maximum atomic E-state index is 12.9. The lowest BCUT2D eigenvalue weighted by atomic mass is 9.98. The molecule has 0 atom stereocenters. The number of aryl methyl sites for hydroxylation is 1. The van der Waals surface area contributed by atoms with E-state index in [0.717, 1.165) is 5.56 Å². The van der Waals surface area contributed by atoms with Gasteiger partial charge in [0.15, 0.2) is 0 Å². The minimum Gasteiger partial charge on any atom is -0.444 e. The van der Waals surface area contributed by atoms with Crippen molar-refractivity contribution in [3.8, 4) is 0 Å². The van der Waals surface area contributed by atoms with E-state index in [2.05, 4.69) is 5.32 Å². The monoisotopic (exact) mass is 400 g/mol. The number of halogens is 1. The van der Waals surface area contributed by atoms with Gasteiger partial charge in [-0.25, -0.2) is 21.9 Å². The van der Waals surface area contributed by atoms with Crippen LogP contribution >= 0.6 is 0 Å². The van der Waals surface area contributed by atoms with Gasteiger partial charge in [-0.05, 0) is 63.6 Å². The Balaban J connectivity index is 1.75. The number of hydrogen-bond donors (Lipinski definition) is 1. The molecule has 1 heterocycles. The summed E-state index contributed by atoms with van der Waals surface area (Å²) in [6, 6.07) is 5.90. The van der Waals surface area contributed by atoms with Crippen molar-refractivity contribution < 1.29 is 22.3 Å². The number of hydrogen-bond acceptors (Lipinski definition) is 4. The number of nitrogens with one attached hydrogen (secondary N) is 1. The van der Waals surface area contributed by atoms with E-state index in [1.165, 1.54) is 16.4 Å². The van der Waals surface area contributed by atoms with Crippen LogP contribution in [-0.2, 0) is 21.2 Å². The van der Waals surface area contributed by atoms with Crippen molar-refractivity contribution in [1.29, 1.82) is 0 Å². The number of carbonyl (C=O) groups excluding carboxylic acids is 1. The van der Waals surface area contributed by atoms with Crippen molar-refractivity contribution in [3.05, 3.63) is 35.6 Å². The van der Waals surface area contributed by atoms with E-state index in [4.69, 9.17) is 4.74 Å². The lowest BCUT2D eigenvalue weighted by molar-refractivity contribution is 0.0513. The molecule has 0 bridgehead atoms. The average molecular weight is 401 g/mol. The molecule has 6 nitrogen and oxygen atoms in total. The Labute approximate surface area is 161 Å². The van der Waals surface area contributed by atoms with Crippen LogP contribution in [0.25, 0.3) is 0 Å². The van der Waals surface area contributed by atoms with Gasteiger partial charge in [0.1, 0.15) is 11.4 Å². The zero-order valence-corrected chi connectivity index (χ0v) is 17.0. The Morgan fingerprint density at radius 3 is 2.37 bits per heavy atom. The lowest BCUT2D eigenvalue weighted by Crippen LogP contribution is -2.43. The number of nitrogens with zero attached hydrogens (tertiary/aromatic N) is 1. The Kier molecular flexibility index (Phi) is 7.22. The molecule has 0 spiro atoms. The molecule has 8 heteroatoms. The first-order valence-electron chi connectivity index (χ1n) is 9.24. The maximum Gasteiger partial charge on any atom is 0.407 e. The standard InChI is InChI=1S/C19H29FN2O4S/c1-19(2,3)26-18(23)21-14-16-8-11-22(12-9-16)27(24,25)13-10-15-4-6-17(20)7-5-15/h4-7,16H,8-14H2,1-3H3,(H,21,23). The number of alkyl carbamates (subject to hydrolysis) is 1. The fourth-order valence-corrected chi connectivity index (χ4v) is 4.48. The molecule has 152 valence electrons. The molecule has 0 aromatic heterocycles. The van der Waals surface area contributed by atoms with Crippen molar-refractivity contribution in [2.45, 2.75) is 45.6 Å². The molecule has 1 aromatic carbocycles. The highest BCUT2D eigenvalue weighted by atomic mass is 32.2. The average Bonchev–Trinajstić information content (AvgIpc) is 2.58. The Bertz CT molecular complexity index is 721. The van der Waals surface area contributed by atoms with Crippen LogP contribution < -0.4 is 5.32 Å². The first-order valence-corrected chi connectivity index (χ1v) is 10.9. The van der Waals surface area contributed by atoms with Crippen molar-refractivity contribution in [2.24, 2.45) is 5.92 Å². The molecule has 0 aliphatic carbocycles. The van der Waals surface area contributed by atoms with Gasteiger partial charge in [-0.1, -0.05) is 12.1 Å². The largest absolute Gasteiger partial charge is 0.444 e. The van der Waals surface area contributed by atoms with Crippen molar-refractivity contribution in [3.63, 3.8) is 0 Å². The number of ether oxygens (including phenoxy) is 1. The summed E-state index contributed by atoms with van der Waals surface area (Å²) in [5, 5.41) is 2.75. The fourth-order valence-electron chi connectivity index (χ4n) is 2.96. The molecule has 0 radical (unpaired) electrons. The van der Waals surface area contributed by atoms with Crippen molar-refractivity contribution in [1.82, 2.24) is 9.62 Å². The zero-order valence-electron chi connectivity index (χ0n) is 16.2. The van der Waals surface area contributed by atoms with Gasteiger partial charge in [-0.3, -0.25) is 0 Å². The van der Waals surface area contributed by atoms with Crippen LogP contribution in [0.3, 0.4) is 0 Å². The molecule has 1 aliphatic rings. The number of carbonyl (C=O) groups is 1. The van der Waals surface area contributed by atoms with Gasteiger partial charge in [0, 0.05) is 19.6 Å². The molecule has 27 heavy (non-hydrogen) atoms. The maximum absolute atomic E-state index is 12.9. The minimum atomic E-state index is -3.34. The Hall–Kier alpha value is -1.67. The summed E-state index contributed by atoms with van der Waals surface area (Å²) >= 11 is 0. The molecular weight excluding hydrogens is 371 g/mol. The van der Waals surface area contributed by atoms with E-state index in [-0.39, 0.29) is 17.5 Å². The summed E-state index contributed by atoms with van der Waals surface area (Å²) in [6.07, 6.45) is 1.32. The first-order chi connectivity index (χ1) is 12.5. The van der Waals surface area contributed by atoms with Gasteiger partial charge in [0.2, 0.25) is 10.0 Å². The van der Waals surface area contributed by atoms with Crippen LogP contribution in [0.15, 0.2) is 24.3 Å². The van der Waals surface area contributed by atoms with Gasteiger partial charge in [0.05, 0.1) is 5.75 Å². The number of benzene rings is 1. The SMILES string of the molecule is CC(C)(C)OC(=O)NCC1CCN(S(=O)(=O)CCc2ccc(F)cc2)CC1. The smallest absolute Gasteiger partial charge is 0.407 e. The highest BCUT2D eigenvalue weighted by Gasteiger charge is 2.28. The summed E-state index contributed by atoms with van der Waals surface area (Å²) in [7, 11) is -3.34. The van der Waals surface area contributed by atoms with E-state index in [1.807, 2.05) is 20.8 Å². The van der Waals surface area contributed by atoms with Crippen LogP contribution in [0.2, 0.25) is 0 Å². The molecule has 1 aliphatic heterocycles. The van der Waals surface area contributed by atoms with E-state index in [9.17, 15) is 17.6 Å². The van der Waals surface area contributed by atoms with E-state index < -0.39 is 21.7 Å². The molecule has 0 unspecified atom stereocenters. The third-order valence-electron chi connectivity index (χ3n) is 4.46. The van der Waals surface area contributed by atoms with E-state index in [1.54, 1.807) is 12.1 Å². The van der Waals surface area contributed by atoms with Crippen LogP contribution in [0.4, 0.5) is 9.18 Å². The fraction of sp³-hybridized carbons (Fsp3) is 0.632. The van der Waals surface area contributed by atoms with E-state index in [0.29, 0.717) is 38.9 Å². The van der Waals surface area contributed by atoms with E-state index >= 15 is 0 Å². The summed E-state index contributed by atoms with van der Waals surface area (Å²) in [5.41, 5.74) is 0.267. The van der Waals surface area contributed by atoms with Crippen molar-refractivity contribution in [2.75, 3.05) is 25.4 Å². The van der Waals surface area contributed by atoms with Gasteiger partial charge >= 0.3 is 6.09 Å². The number of sulfonamides is 1. The molecule has 1 saturated heterocycles. The predicted octanol–water partition coefficient (Wildman–Crippen LogP) is 2.93. The number of amides is 1. The van der Waals surface area contributed by atoms with Gasteiger partial charge in [-0.15, -0.1) is 0 Å². The quantitative estimate of drug-likeness (QED) is 0.797. The van der Waals surface area contributed by atoms with Crippen LogP contribution in [0, 0.1) is 11.7 Å². The molecule has 1 fully saturated rings. The highest BCUT2D eigenvalue weighted by molar-refractivity contribution is 7.89. The molecule has 1 N–H and O–H groups in total. The molecule has 2 rings (SSSR count). The summed E-state index contributed by atoms with van der Waals surface area (Å²) in [5.74, 6) is -0.0795. The zero-order chi connectivity index (χ0) is 20.1. The molecule has 1 amide bonds.